The smallest absolute Gasteiger partial charge is 0.234 e. The first kappa shape index (κ1) is 36.1. The minimum absolute atomic E-state index is 0.517. The van der Waals surface area contributed by atoms with Crippen molar-refractivity contribution in [3.8, 4) is 0 Å². The number of hydrogen-bond acceptors (Lipinski definition) is 0. The molecule has 1 unspecified atom stereocenters. The molecule has 0 aliphatic carbocycles. The van der Waals surface area contributed by atoms with Gasteiger partial charge in [0.2, 0.25) is 0 Å². The Hall–Kier alpha value is -2.35. The number of imidazole rings is 1. The van der Waals surface area contributed by atoms with Gasteiger partial charge >= 0.3 is 0 Å². The molecular weight excluding hydrogens is 532 g/mol. The maximum Gasteiger partial charge on any atom is 0.261 e. The molecule has 0 spiro atoms. The van der Waals surface area contributed by atoms with Crippen molar-refractivity contribution in [3.05, 3.63) is 89.5 Å². The highest BCUT2D eigenvalue weighted by atomic mass is 15.2. The molecule has 2 nitrogen and oxygen atoms in total. The third kappa shape index (κ3) is 14.2. The summed E-state index contributed by atoms with van der Waals surface area (Å²) in [6.45, 7) is 9.32. The molecule has 0 saturated heterocycles. The Morgan fingerprint density at radius 2 is 1.05 bits per heavy atom. The van der Waals surface area contributed by atoms with Gasteiger partial charge in [-0.3, -0.25) is 0 Å². The van der Waals surface area contributed by atoms with Crippen LogP contribution in [0.4, 0.5) is 0 Å². The van der Waals surface area contributed by atoms with E-state index in [0.29, 0.717) is 5.92 Å². The summed E-state index contributed by atoms with van der Waals surface area (Å²) in [6, 6.07) is 22.3. The van der Waals surface area contributed by atoms with Gasteiger partial charge in [-0.1, -0.05) is 178 Å². The standard InChI is InChI=1S/C42H67N2/c1-4-6-8-10-11-12-13-14-15-16-17-18-20-28-34-44-41(35-38(3)40-31-25-22-26-32-40)37-43(33-27-19-9-7-5-2)42(44)36-39-29-23-21-24-30-39/h21-26,29-32,37-38H,4-20,27-28,33-36H2,1-3H3/q+1. The molecule has 0 radical (unpaired) electrons. The first-order chi connectivity index (χ1) is 21.7. The maximum atomic E-state index is 2.74. The van der Waals surface area contributed by atoms with Crippen LogP contribution in [0.2, 0.25) is 0 Å². The van der Waals surface area contributed by atoms with Gasteiger partial charge in [0, 0.05) is 6.42 Å². The second-order valence-electron chi connectivity index (χ2n) is 13.6. The summed E-state index contributed by atoms with van der Waals surface area (Å²) in [4.78, 5) is 0. The van der Waals surface area contributed by atoms with Gasteiger partial charge in [0.05, 0.1) is 19.5 Å². The van der Waals surface area contributed by atoms with E-state index in [2.05, 4.69) is 96.8 Å². The zero-order valence-corrected chi connectivity index (χ0v) is 29.1. The largest absolute Gasteiger partial charge is 0.261 e. The lowest BCUT2D eigenvalue weighted by Gasteiger charge is -2.12. The fourth-order valence-corrected chi connectivity index (χ4v) is 6.81. The minimum Gasteiger partial charge on any atom is -0.234 e. The zero-order chi connectivity index (χ0) is 31.1. The van der Waals surface area contributed by atoms with E-state index in [0.717, 1.165) is 25.9 Å². The topological polar surface area (TPSA) is 8.81 Å². The molecule has 0 aliphatic heterocycles. The highest BCUT2D eigenvalue weighted by Crippen LogP contribution is 2.21. The van der Waals surface area contributed by atoms with Crippen LogP contribution >= 0.6 is 0 Å². The number of unbranched alkanes of at least 4 members (excludes halogenated alkanes) is 17. The lowest BCUT2D eigenvalue weighted by Crippen LogP contribution is -2.41. The van der Waals surface area contributed by atoms with Gasteiger partial charge < -0.3 is 0 Å². The predicted molar refractivity (Wildman–Crippen MR) is 192 cm³/mol. The number of hydrogen-bond donors (Lipinski definition) is 0. The third-order valence-electron chi connectivity index (χ3n) is 9.62. The van der Waals surface area contributed by atoms with E-state index in [1.165, 1.54) is 145 Å². The van der Waals surface area contributed by atoms with Gasteiger partial charge in [-0.25, -0.2) is 9.13 Å². The molecule has 244 valence electrons. The Kier molecular flexibility index (Phi) is 18.9. The summed E-state index contributed by atoms with van der Waals surface area (Å²) in [5, 5.41) is 0. The molecule has 3 rings (SSSR count). The molecule has 2 aromatic carbocycles. The van der Waals surface area contributed by atoms with Crippen LogP contribution in [0.1, 0.15) is 171 Å². The van der Waals surface area contributed by atoms with E-state index < -0.39 is 0 Å². The number of aromatic nitrogens is 2. The van der Waals surface area contributed by atoms with Crippen molar-refractivity contribution in [3.63, 3.8) is 0 Å². The number of nitrogens with zero attached hydrogens (tertiary/aromatic N) is 2. The normalized spacial score (nSPS) is 12.2. The molecule has 0 bridgehead atoms. The molecule has 0 fully saturated rings. The van der Waals surface area contributed by atoms with Gasteiger partial charge in [0.25, 0.3) is 5.82 Å². The minimum atomic E-state index is 0.517. The average Bonchev–Trinajstić information content (AvgIpc) is 3.36. The van der Waals surface area contributed by atoms with Crippen molar-refractivity contribution >= 4 is 0 Å². The number of aryl methyl sites for hydroxylation is 1. The molecule has 0 aliphatic rings. The van der Waals surface area contributed by atoms with Crippen molar-refractivity contribution < 1.29 is 4.57 Å². The van der Waals surface area contributed by atoms with E-state index in [-0.39, 0.29) is 0 Å². The second-order valence-corrected chi connectivity index (χ2v) is 13.6. The first-order valence-electron chi connectivity index (χ1n) is 18.9. The summed E-state index contributed by atoms with van der Waals surface area (Å²) in [5.41, 5.74) is 4.40. The van der Waals surface area contributed by atoms with E-state index in [1.807, 2.05) is 0 Å². The molecule has 0 amide bonds. The highest BCUT2D eigenvalue weighted by Gasteiger charge is 2.25. The summed E-state index contributed by atoms with van der Waals surface area (Å²) < 4.78 is 5.37. The van der Waals surface area contributed by atoms with Crippen LogP contribution < -0.4 is 4.57 Å². The van der Waals surface area contributed by atoms with Crippen LogP contribution in [0.5, 0.6) is 0 Å². The van der Waals surface area contributed by atoms with Crippen molar-refractivity contribution in [2.75, 3.05) is 0 Å². The van der Waals surface area contributed by atoms with Crippen LogP contribution in [0.25, 0.3) is 0 Å². The third-order valence-corrected chi connectivity index (χ3v) is 9.62. The quantitative estimate of drug-likeness (QED) is 0.0641. The van der Waals surface area contributed by atoms with Crippen molar-refractivity contribution in [1.82, 2.24) is 4.57 Å². The predicted octanol–water partition coefficient (Wildman–Crippen LogP) is 12.2. The molecule has 1 heterocycles. The Morgan fingerprint density at radius 1 is 0.568 bits per heavy atom. The Morgan fingerprint density at radius 3 is 1.59 bits per heavy atom. The van der Waals surface area contributed by atoms with Gasteiger partial charge in [0.1, 0.15) is 11.9 Å². The van der Waals surface area contributed by atoms with E-state index in [4.69, 9.17) is 0 Å². The molecule has 1 atom stereocenters. The summed E-state index contributed by atoms with van der Waals surface area (Å²) >= 11 is 0. The summed E-state index contributed by atoms with van der Waals surface area (Å²) in [6.07, 6.45) is 31.1. The lowest BCUT2D eigenvalue weighted by molar-refractivity contribution is -0.710. The van der Waals surface area contributed by atoms with Crippen molar-refractivity contribution in [1.29, 1.82) is 0 Å². The van der Waals surface area contributed by atoms with Crippen molar-refractivity contribution in [2.45, 2.75) is 175 Å². The van der Waals surface area contributed by atoms with Gasteiger partial charge in [-0.05, 0) is 42.7 Å². The van der Waals surface area contributed by atoms with Crippen LogP contribution in [0.3, 0.4) is 0 Å². The van der Waals surface area contributed by atoms with E-state index in [9.17, 15) is 0 Å². The Balaban J connectivity index is 1.58. The van der Waals surface area contributed by atoms with Crippen molar-refractivity contribution in [2.24, 2.45) is 0 Å². The van der Waals surface area contributed by atoms with E-state index in [1.54, 1.807) is 0 Å². The molecule has 2 heteroatoms. The zero-order valence-electron chi connectivity index (χ0n) is 29.1. The van der Waals surface area contributed by atoms with Gasteiger partial charge in [0.15, 0.2) is 0 Å². The molecule has 1 aromatic heterocycles. The van der Waals surface area contributed by atoms with Gasteiger partial charge in [-0.15, -0.1) is 0 Å². The first-order valence-corrected chi connectivity index (χ1v) is 18.9. The van der Waals surface area contributed by atoms with Crippen LogP contribution in [-0.4, -0.2) is 4.57 Å². The molecule has 0 saturated carbocycles. The Labute approximate surface area is 272 Å². The molecule has 3 aromatic rings. The summed E-state index contributed by atoms with van der Waals surface area (Å²) in [7, 11) is 0. The fourth-order valence-electron chi connectivity index (χ4n) is 6.81. The summed E-state index contributed by atoms with van der Waals surface area (Å²) in [5.74, 6) is 2.03. The molecule has 44 heavy (non-hydrogen) atoms. The van der Waals surface area contributed by atoms with Crippen LogP contribution in [0.15, 0.2) is 66.9 Å². The maximum absolute atomic E-state index is 2.74. The van der Waals surface area contributed by atoms with Crippen LogP contribution in [0, 0.1) is 0 Å². The SMILES string of the molecule is CCCCCCCCCCCCCCCC[n+]1c(CC(C)c2ccccc2)cn(CCCCCCC)c1Cc1ccccc1. The number of rotatable bonds is 26. The average molecular weight is 600 g/mol. The molecular formula is C42H67N2+. The fraction of sp³-hybridized carbons (Fsp3) is 0.643. The number of benzene rings is 2. The molecule has 0 N–H and O–H groups in total. The second kappa shape index (κ2) is 23.1. The highest BCUT2D eigenvalue weighted by molar-refractivity contribution is 5.21. The lowest BCUT2D eigenvalue weighted by atomic mass is 9.96. The van der Waals surface area contributed by atoms with Gasteiger partial charge in [-0.2, -0.15) is 0 Å². The Bertz CT molecular complexity index is 1080. The van der Waals surface area contributed by atoms with E-state index >= 15 is 0 Å². The van der Waals surface area contributed by atoms with Crippen LogP contribution in [-0.2, 0) is 25.9 Å². The monoisotopic (exact) mass is 600 g/mol.